The van der Waals surface area contributed by atoms with Crippen molar-refractivity contribution >= 4 is 0 Å². The van der Waals surface area contributed by atoms with Crippen molar-refractivity contribution in [3.8, 4) is 5.75 Å². The predicted octanol–water partition coefficient (Wildman–Crippen LogP) is 4.24. The lowest BCUT2D eigenvalue weighted by molar-refractivity contribution is 0.190. The van der Waals surface area contributed by atoms with Crippen LogP contribution in [0.3, 0.4) is 0 Å². The van der Waals surface area contributed by atoms with Gasteiger partial charge in [0, 0.05) is 5.56 Å². The van der Waals surface area contributed by atoms with E-state index in [0.29, 0.717) is 6.61 Å². The Morgan fingerprint density at radius 2 is 1.65 bits per heavy atom. The van der Waals surface area contributed by atoms with E-state index in [1.54, 1.807) is 6.92 Å². The summed E-state index contributed by atoms with van der Waals surface area (Å²) < 4.78 is 5.90. The number of benzene rings is 2. The molecule has 2 heteroatoms. The van der Waals surface area contributed by atoms with E-state index in [1.807, 2.05) is 25.1 Å². The average Bonchev–Trinajstić information content (AvgIpc) is 2.38. The van der Waals surface area contributed by atoms with Crippen LogP contribution in [0.2, 0.25) is 0 Å². The molecule has 1 atom stereocenters. The van der Waals surface area contributed by atoms with Crippen molar-refractivity contribution in [2.75, 3.05) is 0 Å². The van der Waals surface area contributed by atoms with E-state index in [0.717, 1.165) is 16.9 Å². The summed E-state index contributed by atoms with van der Waals surface area (Å²) in [5.74, 6) is 0.755. The molecule has 0 bridgehead atoms. The van der Waals surface area contributed by atoms with Gasteiger partial charge >= 0.3 is 0 Å². The molecule has 2 aromatic rings. The van der Waals surface area contributed by atoms with Gasteiger partial charge in [0.15, 0.2) is 0 Å². The Balaban J connectivity index is 2.18. The molecule has 0 aliphatic carbocycles. The second kappa shape index (κ2) is 6.10. The lowest BCUT2D eigenvalue weighted by atomic mass is 10.1. The van der Waals surface area contributed by atoms with Crippen molar-refractivity contribution in [2.24, 2.45) is 0 Å². The first-order valence-corrected chi connectivity index (χ1v) is 6.95. The number of aliphatic hydroxyl groups is 1. The van der Waals surface area contributed by atoms with Gasteiger partial charge in [-0.3, -0.25) is 0 Å². The zero-order chi connectivity index (χ0) is 14.7. The molecule has 0 radical (unpaired) electrons. The van der Waals surface area contributed by atoms with Gasteiger partial charge in [0.1, 0.15) is 12.4 Å². The minimum atomic E-state index is -0.524. The van der Waals surface area contributed by atoms with Crippen LogP contribution in [0.4, 0.5) is 0 Å². The first-order chi connectivity index (χ1) is 9.47. The number of aryl methyl sites for hydroxylation is 3. The standard InChI is InChI=1S/C18H22O2/c1-12-5-7-16(14(3)9-12)11-20-18-8-6-13(2)10-17(18)15(4)19/h5-10,15,19H,11H2,1-4H3. The quantitative estimate of drug-likeness (QED) is 0.900. The summed E-state index contributed by atoms with van der Waals surface area (Å²) in [5.41, 5.74) is 5.63. The van der Waals surface area contributed by atoms with Crippen molar-refractivity contribution in [3.63, 3.8) is 0 Å². The van der Waals surface area contributed by atoms with E-state index in [4.69, 9.17) is 4.74 Å². The third kappa shape index (κ3) is 3.40. The number of hydrogen-bond acceptors (Lipinski definition) is 2. The molecule has 0 saturated heterocycles. The molecule has 0 amide bonds. The molecule has 0 aromatic heterocycles. The first-order valence-electron chi connectivity index (χ1n) is 6.95. The van der Waals surface area contributed by atoms with Crippen LogP contribution in [-0.2, 0) is 6.61 Å². The number of hydrogen-bond donors (Lipinski definition) is 1. The van der Waals surface area contributed by atoms with Gasteiger partial charge in [0.25, 0.3) is 0 Å². The SMILES string of the molecule is Cc1ccc(COc2ccc(C)cc2C(C)O)c(C)c1. The van der Waals surface area contributed by atoms with E-state index in [-0.39, 0.29) is 0 Å². The molecule has 106 valence electrons. The Kier molecular flexibility index (Phi) is 4.46. The van der Waals surface area contributed by atoms with E-state index in [2.05, 4.69) is 32.0 Å². The van der Waals surface area contributed by atoms with Crippen molar-refractivity contribution < 1.29 is 9.84 Å². The van der Waals surface area contributed by atoms with Gasteiger partial charge in [0.05, 0.1) is 6.10 Å². The van der Waals surface area contributed by atoms with Gasteiger partial charge in [0.2, 0.25) is 0 Å². The summed E-state index contributed by atoms with van der Waals surface area (Å²) in [5, 5.41) is 9.84. The molecule has 0 aliphatic rings. The summed E-state index contributed by atoms with van der Waals surface area (Å²) >= 11 is 0. The first kappa shape index (κ1) is 14.6. The van der Waals surface area contributed by atoms with E-state index < -0.39 is 6.10 Å². The summed E-state index contributed by atoms with van der Waals surface area (Å²) in [6.45, 7) is 8.48. The normalized spacial score (nSPS) is 12.2. The highest BCUT2D eigenvalue weighted by Gasteiger charge is 2.10. The van der Waals surface area contributed by atoms with Gasteiger partial charge < -0.3 is 9.84 Å². The monoisotopic (exact) mass is 270 g/mol. The Morgan fingerprint density at radius 3 is 2.30 bits per heavy atom. The molecule has 0 saturated carbocycles. The van der Waals surface area contributed by atoms with E-state index in [1.165, 1.54) is 16.7 Å². The molecule has 0 aliphatic heterocycles. The Labute approximate surface area is 121 Å². The Hall–Kier alpha value is -1.80. The summed E-state index contributed by atoms with van der Waals surface area (Å²) in [7, 11) is 0. The van der Waals surface area contributed by atoms with Crippen LogP contribution in [0.5, 0.6) is 5.75 Å². The smallest absolute Gasteiger partial charge is 0.125 e. The predicted molar refractivity (Wildman–Crippen MR) is 82.1 cm³/mol. The highest BCUT2D eigenvalue weighted by Crippen LogP contribution is 2.27. The van der Waals surface area contributed by atoms with Gasteiger partial charge in [-0.1, -0.05) is 35.4 Å². The number of aliphatic hydroxyl groups excluding tert-OH is 1. The molecule has 1 N–H and O–H groups in total. The van der Waals surface area contributed by atoms with Crippen LogP contribution in [0.25, 0.3) is 0 Å². The summed E-state index contributed by atoms with van der Waals surface area (Å²) in [6.07, 6.45) is -0.524. The van der Waals surface area contributed by atoms with Gasteiger partial charge in [-0.05, 0) is 51.0 Å². The van der Waals surface area contributed by atoms with Crippen molar-refractivity contribution in [2.45, 2.75) is 40.4 Å². The summed E-state index contributed by atoms with van der Waals surface area (Å²) in [6, 6.07) is 12.3. The van der Waals surface area contributed by atoms with Gasteiger partial charge in [-0.2, -0.15) is 0 Å². The lowest BCUT2D eigenvalue weighted by Gasteiger charge is -2.15. The fraction of sp³-hybridized carbons (Fsp3) is 0.333. The molecule has 2 rings (SSSR count). The fourth-order valence-electron chi connectivity index (χ4n) is 2.29. The maximum atomic E-state index is 9.84. The second-order valence-electron chi connectivity index (χ2n) is 5.44. The third-order valence-electron chi connectivity index (χ3n) is 3.50. The molecule has 2 nitrogen and oxygen atoms in total. The highest BCUT2D eigenvalue weighted by atomic mass is 16.5. The lowest BCUT2D eigenvalue weighted by Crippen LogP contribution is -2.02. The molecule has 0 spiro atoms. The Morgan fingerprint density at radius 1 is 1.00 bits per heavy atom. The maximum absolute atomic E-state index is 9.84. The van der Waals surface area contributed by atoms with Gasteiger partial charge in [-0.25, -0.2) is 0 Å². The van der Waals surface area contributed by atoms with Crippen LogP contribution in [0.1, 0.15) is 40.8 Å². The molecule has 20 heavy (non-hydrogen) atoms. The van der Waals surface area contributed by atoms with Crippen LogP contribution < -0.4 is 4.74 Å². The van der Waals surface area contributed by atoms with E-state index in [9.17, 15) is 5.11 Å². The van der Waals surface area contributed by atoms with Crippen LogP contribution >= 0.6 is 0 Å². The van der Waals surface area contributed by atoms with E-state index >= 15 is 0 Å². The van der Waals surface area contributed by atoms with Crippen molar-refractivity contribution in [1.29, 1.82) is 0 Å². The van der Waals surface area contributed by atoms with Crippen LogP contribution in [0, 0.1) is 20.8 Å². The molecule has 0 fully saturated rings. The fourth-order valence-corrected chi connectivity index (χ4v) is 2.29. The van der Waals surface area contributed by atoms with Crippen LogP contribution in [-0.4, -0.2) is 5.11 Å². The van der Waals surface area contributed by atoms with Crippen molar-refractivity contribution in [3.05, 3.63) is 64.2 Å². The largest absolute Gasteiger partial charge is 0.489 e. The zero-order valence-corrected chi connectivity index (χ0v) is 12.6. The molecular weight excluding hydrogens is 248 g/mol. The molecule has 1 unspecified atom stereocenters. The molecule has 2 aromatic carbocycles. The minimum absolute atomic E-state index is 0.523. The third-order valence-corrected chi connectivity index (χ3v) is 3.50. The Bertz CT molecular complexity index is 600. The molecule has 0 heterocycles. The minimum Gasteiger partial charge on any atom is -0.489 e. The molecular formula is C18H22O2. The number of ether oxygens (including phenoxy) is 1. The topological polar surface area (TPSA) is 29.5 Å². The van der Waals surface area contributed by atoms with Crippen molar-refractivity contribution in [1.82, 2.24) is 0 Å². The zero-order valence-electron chi connectivity index (χ0n) is 12.6. The average molecular weight is 270 g/mol. The van der Waals surface area contributed by atoms with Crippen LogP contribution in [0.15, 0.2) is 36.4 Å². The number of rotatable bonds is 4. The highest BCUT2D eigenvalue weighted by molar-refractivity contribution is 5.39. The van der Waals surface area contributed by atoms with Gasteiger partial charge in [-0.15, -0.1) is 0 Å². The summed E-state index contributed by atoms with van der Waals surface area (Å²) in [4.78, 5) is 0. The maximum Gasteiger partial charge on any atom is 0.125 e. The second-order valence-corrected chi connectivity index (χ2v) is 5.44.